The van der Waals surface area contributed by atoms with Crippen molar-refractivity contribution in [2.75, 3.05) is 4.90 Å². The van der Waals surface area contributed by atoms with Gasteiger partial charge in [-0.3, -0.25) is 0 Å². The highest BCUT2D eigenvalue weighted by molar-refractivity contribution is 5.87. The Hall–Kier alpha value is -4.10. The fourth-order valence-corrected chi connectivity index (χ4v) is 9.27. The molecule has 9 rings (SSSR count). The van der Waals surface area contributed by atoms with Crippen molar-refractivity contribution in [3.8, 4) is 0 Å². The van der Waals surface area contributed by atoms with Crippen molar-refractivity contribution in [2.24, 2.45) is 5.92 Å². The van der Waals surface area contributed by atoms with Crippen molar-refractivity contribution in [3.63, 3.8) is 0 Å². The summed E-state index contributed by atoms with van der Waals surface area (Å²) in [5.41, 5.74) is 17.9. The Balaban J connectivity index is 1.03. The van der Waals surface area contributed by atoms with Crippen LogP contribution < -0.4 is 4.90 Å². The predicted molar refractivity (Wildman–Crippen MR) is 179 cm³/mol. The molecular weight excluding hydrogens is 518 g/mol. The molecule has 3 aromatic rings. The lowest BCUT2D eigenvalue weighted by atomic mass is 9.69. The Labute approximate surface area is 256 Å². The Morgan fingerprint density at radius 3 is 2.26 bits per heavy atom. The van der Waals surface area contributed by atoms with E-state index in [4.69, 9.17) is 0 Å². The molecule has 4 aliphatic carbocycles. The van der Waals surface area contributed by atoms with Crippen LogP contribution in [0.25, 0.3) is 5.57 Å². The second-order valence-electron chi connectivity index (χ2n) is 14.5. The van der Waals surface area contributed by atoms with Crippen LogP contribution in [-0.4, -0.2) is 0 Å². The van der Waals surface area contributed by atoms with Crippen LogP contribution in [0.2, 0.25) is 0 Å². The van der Waals surface area contributed by atoms with Gasteiger partial charge in [0, 0.05) is 45.7 Å². The molecule has 0 amide bonds. The number of nitrogens with zero attached hydrogens (tertiary/aromatic N) is 1. The second-order valence-corrected chi connectivity index (χ2v) is 14.5. The largest absolute Gasteiger partial charge is 0.313 e. The summed E-state index contributed by atoms with van der Waals surface area (Å²) in [6, 6.07) is 27.6. The van der Waals surface area contributed by atoms with Crippen LogP contribution >= 0.6 is 0 Å². The molecule has 1 heteroatoms. The van der Waals surface area contributed by atoms with E-state index in [9.17, 15) is 0 Å². The van der Waals surface area contributed by atoms with E-state index in [1.54, 1.807) is 11.1 Å². The lowest BCUT2D eigenvalue weighted by Gasteiger charge is -2.43. The highest BCUT2D eigenvalue weighted by Crippen LogP contribution is 2.58. The number of para-hydroxylation sites is 1. The minimum absolute atomic E-state index is 0.0156. The molecule has 3 atom stereocenters. The Kier molecular flexibility index (Phi) is 5.16. The average Bonchev–Trinajstić information content (AvgIpc) is 3.49. The first-order valence-electron chi connectivity index (χ1n) is 16.2. The molecule has 6 aliphatic rings. The van der Waals surface area contributed by atoms with E-state index in [2.05, 4.69) is 142 Å². The maximum atomic E-state index is 2.61. The maximum absolute atomic E-state index is 2.61. The van der Waals surface area contributed by atoms with Crippen molar-refractivity contribution >= 4 is 11.3 Å². The summed E-state index contributed by atoms with van der Waals surface area (Å²) >= 11 is 0. The number of allylic oxidation sites excluding steroid dienone is 10. The van der Waals surface area contributed by atoms with Gasteiger partial charge in [-0.15, -0.1) is 0 Å². The number of benzene rings is 3. The van der Waals surface area contributed by atoms with E-state index < -0.39 is 0 Å². The molecule has 43 heavy (non-hydrogen) atoms. The molecule has 0 saturated carbocycles. The van der Waals surface area contributed by atoms with Gasteiger partial charge in [-0.25, -0.2) is 0 Å². The summed E-state index contributed by atoms with van der Waals surface area (Å²) in [5, 5.41) is 0. The summed E-state index contributed by atoms with van der Waals surface area (Å²) in [7, 11) is 0. The van der Waals surface area contributed by atoms with Gasteiger partial charge in [0.25, 0.3) is 0 Å². The highest BCUT2D eigenvalue weighted by Gasteiger charge is 2.47. The van der Waals surface area contributed by atoms with E-state index in [1.807, 2.05) is 0 Å². The normalized spacial score (nSPS) is 26.8. The van der Waals surface area contributed by atoms with E-state index in [0.717, 1.165) is 19.3 Å². The zero-order chi connectivity index (χ0) is 29.1. The van der Waals surface area contributed by atoms with Gasteiger partial charge in [-0.1, -0.05) is 130 Å². The van der Waals surface area contributed by atoms with Crippen molar-refractivity contribution in [2.45, 2.75) is 69.6 Å². The van der Waals surface area contributed by atoms with Crippen LogP contribution in [-0.2, 0) is 10.8 Å². The van der Waals surface area contributed by atoms with Gasteiger partial charge in [0.1, 0.15) is 0 Å². The number of hydrogen-bond donors (Lipinski definition) is 0. The molecule has 0 spiro atoms. The van der Waals surface area contributed by atoms with Gasteiger partial charge < -0.3 is 4.90 Å². The van der Waals surface area contributed by atoms with Crippen LogP contribution in [0.3, 0.4) is 0 Å². The van der Waals surface area contributed by atoms with Crippen molar-refractivity contribution in [1.82, 2.24) is 0 Å². The summed E-state index contributed by atoms with van der Waals surface area (Å²) in [6.45, 7) is 9.64. The van der Waals surface area contributed by atoms with Gasteiger partial charge in [0.15, 0.2) is 0 Å². The molecule has 3 aromatic carbocycles. The smallest absolute Gasteiger partial charge is 0.0499 e. The first-order valence-corrected chi connectivity index (χ1v) is 16.2. The van der Waals surface area contributed by atoms with Gasteiger partial charge in [0.05, 0.1) is 0 Å². The summed E-state index contributed by atoms with van der Waals surface area (Å²) < 4.78 is 0. The second kappa shape index (κ2) is 8.73. The molecule has 3 unspecified atom stereocenters. The summed E-state index contributed by atoms with van der Waals surface area (Å²) in [6.07, 6.45) is 18.0. The van der Waals surface area contributed by atoms with E-state index >= 15 is 0 Å². The van der Waals surface area contributed by atoms with Crippen molar-refractivity contribution < 1.29 is 0 Å². The fraction of sp³-hybridized carbons (Fsp3) is 0.286. The average molecular weight is 558 g/mol. The number of fused-ring (bicyclic) bond motifs is 6. The third-order valence-electron chi connectivity index (χ3n) is 11.6. The van der Waals surface area contributed by atoms with Crippen LogP contribution in [0.4, 0.5) is 5.69 Å². The van der Waals surface area contributed by atoms with Crippen LogP contribution in [0.1, 0.15) is 86.6 Å². The van der Waals surface area contributed by atoms with Crippen LogP contribution in [0, 0.1) is 5.92 Å². The zero-order valence-electron chi connectivity index (χ0n) is 25.7. The molecule has 212 valence electrons. The molecule has 2 heterocycles. The Bertz CT molecular complexity index is 1910. The third-order valence-corrected chi connectivity index (χ3v) is 11.6. The van der Waals surface area contributed by atoms with Crippen LogP contribution in [0.15, 0.2) is 137 Å². The zero-order valence-corrected chi connectivity index (χ0v) is 25.7. The first-order chi connectivity index (χ1) is 20.8. The molecule has 2 aliphatic heterocycles. The molecule has 0 bridgehead atoms. The van der Waals surface area contributed by atoms with Gasteiger partial charge >= 0.3 is 0 Å². The minimum Gasteiger partial charge on any atom is -0.313 e. The lowest BCUT2D eigenvalue weighted by Crippen LogP contribution is -2.35. The molecular formula is C42H39N. The molecule has 0 saturated heterocycles. The monoisotopic (exact) mass is 557 g/mol. The lowest BCUT2D eigenvalue weighted by molar-refractivity contribution is 0.576. The van der Waals surface area contributed by atoms with Crippen molar-refractivity contribution in [3.05, 3.63) is 165 Å². The highest BCUT2D eigenvalue weighted by atomic mass is 15.2. The fourth-order valence-electron chi connectivity index (χ4n) is 9.27. The predicted octanol–water partition coefficient (Wildman–Crippen LogP) is 10.4. The summed E-state index contributed by atoms with van der Waals surface area (Å²) in [5.74, 6) is 1.31. The summed E-state index contributed by atoms with van der Waals surface area (Å²) in [4.78, 5) is 2.61. The van der Waals surface area contributed by atoms with E-state index in [-0.39, 0.29) is 10.8 Å². The van der Waals surface area contributed by atoms with E-state index in [1.165, 1.54) is 56.0 Å². The minimum atomic E-state index is 0.0156. The molecule has 1 nitrogen and oxygen atoms in total. The Morgan fingerprint density at radius 2 is 1.42 bits per heavy atom. The Morgan fingerprint density at radius 1 is 0.698 bits per heavy atom. The molecule has 0 radical (unpaired) electrons. The van der Waals surface area contributed by atoms with Crippen LogP contribution in [0.5, 0.6) is 0 Å². The molecule has 0 aromatic heterocycles. The van der Waals surface area contributed by atoms with Crippen molar-refractivity contribution in [1.29, 1.82) is 0 Å². The third kappa shape index (κ3) is 3.40. The number of anilines is 1. The maximum Gasteiger partial charge on any atom is 0.0499 e. The molecule has 0 fully saturated rings. The number of rotatable bonds is 2. The standard InChI is InChI=1S/C42H39N/c1-41(2)34-15-6-5-13-30(34)31-21-19-29(25-37(31)41)27-12-9-11-26(23-27)28-20-22-38-33(24-28)32-14-10-17-36-40(32)43(38)39-18-8-7-16-35(39)42(36,3)4/h5-13,15-23,28-29,32H,14,24-25H2,1-4H3. The SMILES string of the molecule is CC1(C)C2=C(C=CC(c3cccc(C4C=CC5=C(C4)C4CC=CC6=C4N5c4ccccc4C6(C)C)c3)C2)c2ccccc21. The van der Waals surface area contributed by atoms with Gasteiger partial charge in [-0.2, -0.15) is 0 Å². The van der Waals surface area contributed by atoms with E-state index in [0.29, 0.717) is 17.8 Å². The topological polar surface area (TPSA) is 3.24 Å². The number of hydrogen-bond acceptors (Lipinski definition) is 1. The van der Waals surface area contributed by atoms with Gasteiger partial charge in [0.2, 0.25) is 0 Å². The first kappa shape index (κ1) is 25.4. The molecule has 0 N–H and O–H groups in total. The van der Waals surface area contributed by atoms with Gasteiger partial charge in [-0.05, 0) is 75.9 Å². The quantitative estimate of drug-likeness (QED) is 0.303.